The summed E-state index contributed by atoms with van der Waals surface area (Å²) in [4.78, 5) is 38.6. The molecule has 2 aromatic carbocycles. The molecule has 0 bridgehead atoms. The van der Waals surface area contributed by atoms with Crippen LogP contribution in [0.4, 0.5) is 16.5 Å². The minimum atomic E-state index is -0.313. The van der Waals surface area contributed by atoms with Gasteiger partial charge in [0.15, 0.2) is 0 Å². The second-order valence-electron chi connectivity index (χ2n) is 7.77. The maximum Gasteiger partial charge on any atom is 0.257 e. The number of carbonyl (C=O) groups is 3. The number of rotatable bonds is 7. The number of para-hydroxylation sites is 1. The van der Waals surface area contributed by atoms with Gasteiger partial charge in [0.1, 0.15) is 5.01 Å². The van der Waals surface area contributed by atoms with Gasteiger partial charge in [-0.1, -0.05) is 43.4 Å². The summed E-state index contributed by atoms with van der Waals surface area (Å²) in [6.45, 7) is 4.39. The summed E-state index contributed by atoms with van der Waals surface area (Å²) in [6.07, 6.45) is 1.61. The van der Waals surface area contributed by atoms with Crippen LogP contribution < -0.4 is 15.5 Å². The molecule has 1 aliphatic heterocycles. The summed E-state index contributed by atoms with van der Waals surface area (Å²) in [7, 11) is 0. The number of hydrogen-bond donors (Lipinski definition) is 2. The van der Waals surface area contributed by atoms with E-state index in [1.165, 1.54) is 11.3 Å². The molecule has 1 atom stereocenters. The second kappa shape index (κ2) is 9.91. The van der Waals surface area contributed by atoms with E-state index in [1.807, 2.05) is 29.2 Å². The standard InChI is InChI=1S/C24H25N5O3S/c1-3-15-7-5-6-8-19(15)29-14-17(13-21(29)31)23-27-28-24(33-23)26-22(32)16-9-11-18(12-10-16)25-20(30)4-2/h5-12,17H,3-4,13-14H2,1-2H3,(H,25,30)(H,26,28,32). The molecule has 0 radical (unpaired) electrons. The van der Waals surface area contributed by atoms with Crippen molar-refractivity contribution in [2.45, 2.75) is 39.0 Å². The molecule has 1 fully saturated rings. The highest BCUT2D eigenvalue weighted by atomic mass is 32.1. The van der Waals surface area contributed by atoms with Gasteiger partial charge in [0.25, 0.3) is 5.91 Å². The lowest BCUT2D eigenvalue weighted by Crippen LogP contribution is -2.25. The van der Waals surface area contributed by atoms with E-state index in [0.29, 0.717) is 35.8 Å². The number of anilines is 3. The summed E-state index contributed by atoms with van der Waals surface area (Å²) in [5.41, 5.74) is 3.16. The Hall–Kier alpha value is -3.59. The van der Waals surface area contributed by atoms with Crippen molar-refractivity contribution in [2.24, 2.45) is 0 Å². The van der Waals surface area contributed by atoms with E-state index in [0.717, 1.165) is 22.7 Å². The Morgan fingerprint density at radius 1 is 1.06 bits per heavy atom. The molecule has 33 heavy (non-hydrogen) atoms. The molecule has 1 aromatic heterocycles. The van der Waals surface area contributed by atoms with Gasteiger partial charge in [0.05, 0.1) is 0 Å². The van der Waals surface area contributed by atoms with Gasteiger partial charge in [-0.3, -0.25) is 19.7 Å². The van der Waals surface area contributed by atoms with Crippen molar-refractivity contribution < 1.29 is 14.4 Å². The number of benzene rings is 2. The molecule has 9 heteroatoms. The summed E-state index contributed by atoms with van der Waals surface area (Å²) in [5, 5.41) is 15.0. The Balaban J connectivity index is 1.40. The molecule has 8 nitrogen and oxygen atoms in total. The molecule has 2 N–H and O–H groups in total. The second-order valence-corrected chi connectivity index (χ2v) is 8.78. The van der Waals surface area contributed by atoms with E-state index in [-0.39, 0.29) is 23.6 Å². The topological polar surface area (TPSA) is 104 Å². The quantitative estimate of drug-likeness (QED) is 0.546. The van der Waals surface area contributed by atoms with Crippen LogP contribution in [0.1, 0.15) is 53.5 Å². The first kappa shape index (κ1) is 22.6. The molecule has 1 saturated heterocycles. The predicted molar refractivity (Wildman–Crippen MR) is 129 cm³/mol. The average molecular weight is 464 g/mol. The fraction of sp³-hybridized carbons (Fsp3) is 0.292. The molecule has 170 valence electrons. The van der Waals surface area contributed by atoms with E-state index >= 15 is 0 Å². The molecular formula is C24H25N5O3S. The number of nitrogens with one attached hydrogen (secondary N) is 2. The van der Waals surface area contributed by atoms with Crippen LogP contribution in [0.25, 0.3) is 0 Å². The molecule has 3 aromatic rings. The van der Waals surface area contributed by atoms with Crippen LogP contribution in [0.5, 0.6) is 0 Å². The summed E-state index contributed by atoms with van der Waals surface area (Å²) in [6, 6.07) is 14.6. The summed E-state index contributed by atoms with van der Waals surface area (Å²) >= 11 is 1.29. The maximum absolute atomic E-state index is 12.7. The zero-order valence-electron chi connectivity index (χ0n) is 18.5. The fourth-order valence-corrected chi connectivity index (χ4v) is 4.58. The summed E-state index contributed by atoms with van der Waals surface area (Å²) < 4.78 is 0. The van der Waals surface area contributed by atoms with Crippen molar-refractivity contribution in [1.29, 1.82) is 0 Å². The lowest BCUT2D eigenvalue weighted by atomic mass is 10.1. The minimum Gasteiger partial charge on any atom is -0.326 e. The zero-order chi connectivity index (χ0) is 23.4. The highest BCUT2D eigenvalue weighted by Crippen LogP contribution is 2.35. The highest BCUT2D eigenvalue weighted by Gasteiger charge is 2.34. The van der Waals surface area contributed by atoms with Crippen LogP contribution in [0.15, 0.2) is 48.5 Å². The van der Waals surface area contributed by atoms with Crippen molar-refractivity contribution in [3.8, 4) is 0 Å². The molecule has 0 aliphatic carbocycles. The van der Waals surface area contributed by atoms with Gasteiger partial charge in [-0.25, -0.2) is 0 Å². The van der Waals surface area contributed by atoms with Gasteiger partial charge >= 0.3 is 0 Å². The van der Waals surface area contributed by atoms with E-state index in [1.54, 1.807) is 31.2 Å². The van der Waals surface area contributed by atoms with Crippen molar-refractivity contribution in [3.63, 3.8) is 0 Å². The number of nitrogens with zero attached hydrogens (tertiary/aromatic N) is 3. The van der Waals surface area contributed by atoms with E-state index in [9.17, 15) is 14.4 Å². The lowest BCUT2D eigenvalue weighted by molar-refractivity contribution is -0.117. The van der Waals surface area contributed by atoms with Crippen LogP contribution in [-0.4, -0.2) is 34.5 Å². The molecule has 0 saturated carbocycles. The Kier molecular flexibility index (Phi) is 6.79. The van der Waals surface area contributed by atoms with E-state index in [2.05, 4.69) is 27.8 Å². The van der Waals surface area contributed by atoms with Crippen molar-refractivity contribution in [3.05, 3.63) is 64.7 Å². The van der Waals surface area contributed by atoms with Crippen LogP contribution in [-0.2, 0) is 16.0 Å². The van der Waals surface area contributed by atoms with Crippen LogP contribution in [0.3, 0.4) is 0 Å². The Labute approximate surface area is 196 Å². The number of amides is 3. The third-order valence-electron chi connectivity index (χ3n) is 5.55. The zero-order valence-corrected chi connectivity index (χ0v) is 19.3. The molecule has 2 heterocycles. The maximum atomic E-state index is 12.7. The van der Waals surface area contributed by atoms with Gasteiger partial charge in [0.2, 0.25) is 16.9 Å². The lowest BCUT2D eigenvalue weighted by Gasteiger charge is -2.19. The van der Waals surface area contributed by atoms with Crippen LogP contribution >= 0.6 is 11.3 Å². The molecule has 1 aliphatic rings. The van der Waals surface area contributed by atoms with Crippen molar-refractivity contribution in [1.82, 2.24) is 10.2 Å². The first-order valence-corrected chi connectivity index (χ1v) is 11.7. The largest absolute Gasteiger partial charge is 0.326 e. The summed E-state index contributed by atoms with van der Waals surface area (Å²) in [5.74, 6) is -0.397. The Morgan fingerprint density at radius 3 is 2.55 bits per heavy atom. The van der Waals surface area contributed by atoms with Gasteiger partial charge in [-0.2, -0.15) is 0 Å². The smallest absolute Gasteiger partial charge is 0.257 e. The number of aromatic nitrogens is 2. The van der Waals surface area contributed by atoms with E-state index in [4.69, 9.17) is 0 Å². The third-order valence-corrected chi connectivity index (χ3v) is 6.55. The third kappa shape index (κ3) is 5.09. The molecule has 0 spiro atoms. The van der Waals surface area contributed by atoms with Crippen molar-refractivity contribution >= 4 is 45.6 Å². The molecule has 1 unspecified atom stereocenters. The predicted octanol–water partition coefficient (Wildman–Crippen LogP) is 4.22. The Bertz CT molecular complexity index is 1170. The molecule has 4 rings (SSSR count). The van der Waals surface area contributed by atoms with Crippen LogP contribution in [0.2, 0.25) is 0 Å². The number of hydrogen-bond acceptors (Lipinski definition) is 6. The first-order valence-electron chi connectivity index (χ1n) is 10.9. The van der Waals surface area contributed by atoms with Gasteiger partial charge in [0, 0.05) is 42.2 Å². The number of aryl methyl sites for hydroxylation is 1. The van der Waals surface area contributed by atoms with Gasteiger partial charge < -0.3 is 10.2 Å². The van der Waals surface area contributed by atoms with Crippen molar-refractivity contribution in [2.75, 3.05) is 22.1 Å². The Morgan fingerprint density at radius 2 is 1.82 bits per heavy atom. The highest BCUT2D eigenvalue weighted by molar-refractivity contribution is 7.15. The SMILES string of the molecule is CCC(=O)Nc1ccc(C(=O)Nc2nnc(C3CC(=O)N(c4ccccc4CC)C3)s2)cc1. The fourth-order valence-electron chi connectivity index (χ4n) is 3.75. The average Bonchev–Trinajstić information content (AvgIpc) is 3.45. The van der Waals surface area contributed by atoms with Crippen LogP contribution in [0, 0.1) is 0 Å². The molecule has 3 amide bonds. The normalized spacial score (nSPS) is 15.5. The van der Waals surface area contributed by atoms with Gasteiger partial charge in [-0.05, 0) is 42.3 Å². The molecular weight excluding hydrogens is 438 g/mol. The van der Waals surface area contributed by atoms with Gasteiger partial charge in [-0.15, -0.1) is 10.2 Å². The number of carbonyl (C=O) groups excluding carboxylic acids is 3. The monoisotopic (exact) mass is 463 g/mol. The first-order chi connectivity index (χ1) is 16.0. The van der Waals surface area contributed by atoms with E-state index < -0.39 is 0 Å². The minimum absolute atomic E-state index is 0.0629.